The summed E-state index contributed by atoms with van der Waals surface area (Å²) in [4.78, 5) is 5.89. The van der Waals surface area contributed by atoms with Crippen LogP contribution in [0, 0.1) is 6.92 Å². The lowest BCUT2D eigenvalue weighted by Crippen LogP contribution is -1.87. The van der Waals surface area contributed by atoms with Crippen LogP contribution < -0.4 is 5.73 Å². The molecule has 0 aliphatic heterocycles. The van der Waals surface area contributed by atoms with E-state index in [0.717, 1.165) is 28.4 Å². The van der Waals surface area contributed by atoms with Gasteiger partial charge in [-0.25, -0.2) is 4.98 Å². The Morgan fingerprint density at radius 1 is 1.40 bits per heavy atom. The minimum Gasteiger partial charge on any atom is -0.399 e. The molecule has 0 saturated carbocycles. The number of nitrogens with zero attached hydrogens (tertiary/aromatic N) is 1. The number of thiazole rings is 1. The molecule has 78 valence electrons. The normalized spacial score (nSPS) is 10.5. The van der Waals surface area contributed by atoms with Crippen molar-refractivity contribution < 1.29 is 0 Å². The first kappa shape index (κ1) is 10.2. The first-order valence-corrected chi connectivity index (χ1v) is 5.84. The Morgan fingerprint density at radius 2 is 2.20 bits per heavy atom. The number of hydrogen-bond acceptors (Lipinski definition) is 3. The van der Waals surface area contributed by atoms with E-state index in [4.69, 9.17) is 5.73 Å². The molecule has 0 radical (unpaired) electrons. The molecule has 0 spiro atoms. The van der Waals surface area contributed by atoms with Crippen LogP contribution in [-0.2, 0) is 6.42 Å². The standard InChI is InChI=1S/C12H14N2S/c1-3-11-12(14-8(2)15-11)9-5-4-6-10(13)7-9/h4-7H,3,13H2,1-2H3. The molecule has 0 amide bonds. The maximum atomic E-state index is 5.77. The summed E-state index contributed by atoms with van der Waals surface area (Å²) in [5.74, 6) is 0. The van der Waals surface area contributed by atoms with Gasteiger partial charge < -0.3 is 5.73 Å². The average Bonchev–Trinajstić information content (AvgIpc) is 2.59. The van der Waals surface area contributed by atoms with E-state index in [1.165, 1.54) is 4.88 Å². The maximum Gasteiger partial charge on any atom is 0.0904 e. The van der Waals surface area contributed by atoms with Crippen molar-refractivity contribution in [3.05, 3.63) is 34.2 Å². The van der Waals surface area contributed by atoms with Gasteiger partial charge in [0.1, 0.15) is 0 Å². The highest BCUT2D eigenvalue weighted by atomic mass is 32.1. The first-order valence-electron chi connectivity index (χ1n) is 5.03. The SMILES string of the molecule is CCc1sc(C)nc1-c1cccc(N)c1. The third kappa shape index (κ3) is 2.02. The molecule has 2 rings (SSSR count). The van der Waals surface area contributed by atoms with Gasteiger partial charge in [0.2, 0.25) is 0 Å². The minimum absolute atomic E-state index is 0.792. The van der Waals surface area contributed by atoms with Crippen LogP contribution in [0.4, 0.5) is 5.69 Å². The van der Waals surface area contributed by atoms with Crippen LogP contribution in [0.15, 0.2) is 24.3 Å². The number of rotatable bonds is 2. The number of anilines is 1. The molecule has 0 saturated heterocycles. The highest BCUT2D eigenvalue weighted by Crippen LogP contribution is 2.29. The summed E-state index contributed by atoms with van der Waals surface area (Å²) in [6.07, 6.45) is 1.02. The molecule has 3 heteroatoms. The van der Waals surface area contributed by atoms with E-state index in [0.29, 0.717) is 0 Å². The van der Waals surface area contributed by atoms with Gasteiger partial charge >= 0.3 is 0 Å². The van der Waals surface area contributed by atoms with E-state index >= 15 is 0 Å². The van der Waals surface area contributed by atoms with Gasteiger partial charge in [-0.3, -0.25) is 0 Å². The zero-order valence-corrected chi connectivity index (χ0v) is 9.77. The van der Waals surface area contributed by atoms with E-state index in [1.807, 2.05) is 25.1 Å². The van der Waals surface area contributed by atoms with Crippen molar-refractivity contribution in [3.8, 4) is 11.3 Å². The van der Waals surface area contributed by atoms with Gasteiger partial charge in [-0.1, -0.05) is 19.1 Å². The van der Waals surface area contributed by atoms with Gasteiger partial charge in [-0.05, 0) is 25.5 Å². The first-order chi connectivity index (χ1) is 7.20. The van der Waals surface area contributed by atoms with Crippen LogP contribution >= 0.6 is 11.3 Å². The molecule has 0 aliphatic rings. The molecule has 2 N–H and O–H groups in total. The topological polar surface area (TPSA) is 38.9 Å². The van der Waals surface area contributed by atoms with Gasteiger partial charge in [0.15, 0.2) is 0 Å². The summed E-state index contributed by atoms with van der Waals surface area (Å²) >= 11 is 1.76. The average molecular weight is 218 g/mol. The van der Waals surface area contributed by atoms with Crippen molar-refractivity contribution in [3.63, 3.8) is 0 Å². The van der Waals surface area contributed by atoms with Gasteiger partial charge in [-0.2, -0.15) is 0 Å². The number of hydrogen-bond donors (Lipinski definition) is 1. The second-order valence-electron chi connectivity index (χ2n) is 3.48. The summed E-state index contributed by atoms with van der Waals surface area (Å²) in [5, 5.41) is 1.12. The molecule has 2 nitrogen and oxygen atoms in total. The molecule has 0 aliphatic carbocycles. The molecule has 1 heterocycles. The highest BCUT2D eigenvalue weighted by molar-refractivity contribution is 7.12. The smallest absolute Gasteiger partial charge is 0.0904 e. The van der Waals surface area contributed by atoms with E-state index in [2.05, 4.69) is 18.0 Å². The van der Waals surface area contributed by atoms with E-state index in [1.54, 1.807) is 11.3 Å². The molecule has 0 unspecified atom stereocenters. The fraction of sp³-hybridized carbons (Fsp3) is 0.250. The number of nitrogen functional groups attached to an aromatic ring is 1. The minimum atomic E-state index is 0.792. The third-order valence-corrected chi connectivity index (χ3v) is 3.40. The van der Waals surface area contributed by atoms with E-state index < -0.39 is 0 Å². The fourth-order valence-electron chi connectivity index (χ4n) is 1.62. The van der Waals surface area contributed by atoms with Gasteiger partial charge in [0.05, 0.1) is 10.7 Å². The monoisotopic (exact) mass is 218 g/mol. The lowest BCUT2D eigenvalue weighted by atomic mass is 10.1. The third-order valence-electron chi connectivity index (χ3n) is 2.29. The van der Waals surface area contributed by atoms with E-state index in [-0.39, 0.29) is 0 Å². The molecule has 1 aromatic heterocycles. The Morgan fingerprint density at radius 3 is 2.87 bits per heavy atom. The summed E-state index contributed by atoms with van der Waals surface area (Å²) < 4.78 is 0. The number of aryl methyl sites for hydroxylation is 2. The molecular formula is C12H14N2S. The van der Waals surface area contributed by atoms with Crippen molar-refractivity contribution in [2.24, 2.45) is 0 Å². The van der Waals surface area contributed by atoms with Crippen LogP contribution in [0.3, 0.4) is 0 Å². The zero-order chi connectivity index (χ0) is 10.8. The fourth-order valence-corrected chi connectivity index (χ4v) is 2.52. The van der Waals surface area contributed by atoms with Gasteiger partial charge in [-0.15, -0.1) is 11.3 Å². The summed E-state index contributed by atoms with van der Waals surface area (Å²) in [6, 6.07) is 7.91. The highest BCUT2D eigenvalue weighted by Gasteiger charge is 2.09. The molecule has 0 fully saturated rings. The lowest BCUT2D eigenvalue weighted by molar-refractivity contribution is 1.16. The molecule has 1 aromatic carbocycles. The second-order valence-corrected chi connectivity index (χ2v) is 4.77. The Kier molecular flexibility index (Phi) is 2.73. The van der Waals surface area contributed by atoms with Crippen molar-refractivity contribution in [2.45, 2.75) is 20.3 Å². The Bertz CT molecular complexity index is 474. The number of aromatic nitrogens is 1. The van der Waals surface area contributed by atoms with Crippen LogP contribution in [-0.4, -0.2) is 4.98 Å². The predicted octanol–water partition coefficient (Wildman–Crippen LogP) is 3.26. The second kappa shape index (κ2) is 4.03. The molecule has 0 bridgehead atoms. The van der Waals surface area contributed by atoms with Crippen molar-refractivity contribution >= 4 is 17.0 Å². The molecular weight excluding hydrogens is 204 g/mol. The zero-order valence-electron chi connectivity index (χ0n) is 8.95. The molecule has 0 atom stereocenters. The van der Waals surface area contributed by atoms with Crippen molar-refractivity contribution in [1.29, 1.82) is 0 Å². The summed E-state index contributed by atoms with van der Waals surface area (Å²) in [5.41, 5.74) is 8.77. The number of benzene rings is 1. The molecule has 2 aromatic rings. The van der Waals surface area contributed by atoms with E-state index in [9.17, 15) is 0 Å². The summed E-state index contributed by atoms with van der Waals surface area (Å²) in [7, 11) is 0. The summed E-state index contributed by atoms with van der Waals surface area (Å²) in [6.45, 7) is 4.20. The largest absolute Gasteiger partial charge is 0.399 e. The predicted molar refractivity (Wildman–Crippen MR) is 66.1 cm³/mol. The van der Waals surface area contributed by atoms with Crippen LogP contribution in [0.1, 0.15) is 16.8 Å². The van der Waals surface area contributed by atoms with Crippen LogP contribution in [0.2, 0.25) is 0 Å². The van der Waals surface area contributed by atoms with Crippen molar-refractivity contribution in [1.82, 2.24) is 4.98 Å². The lowest BCUT2D eigenvalue weighted by Gasteiger charge is -2.01. The maximum absolute atomic E-state index is 5.77. The van der Waals surface area contributed by atoms with Crippen molar-refractivity contribution in [2.75, 3.05) is 5.73 Å². The quantitative estimate of drug-likeness (QED) is 0.786. The Labute approximate surface area is 93.8 Å². The Hall–Kier alpha value is -1.35. The van der Waals surface area contributed by atoms with Crippen LogP contribution in [0.25, 0.3) is 11.3 Å². The van der Waals surface area contributed by atoms with Gasteiger partial charge in [0.25, 0.3) is 0 Å². The Balaban J connectivity index is 2.53. The molecule has 15 heavy (non-hydrogen) atoms. The van der Waals surface area contributed by atoms with Gasteiger partial charge in [0, 0.05) is 16.1 Å². The number of nitrogens with two attached hydrogens (primary N) is 1. The van der Waals surface area contributed by atoms with Crippen LogP contribution in [0.5, 0.6) is 0 Å².